The van der Waals surface area contributed by atoms with Crippen molar-refractivity contribution in [1.29, 1.82) is 0 Å². The molecule has 0 aliphatic rings. The third kappa shape index (κ3) is 8.37. The van der Waals surface area contributed by atoms with Crippen LogP contribution in [-0.2, 0) is 24.9 Å². The van der Waals surface area contributed by atoms with Gasteiger partial charge in [0.15, 0.2) is 5.78 Å². The number of fused-ring (bicyclic) bond motifs is 1. The van der Waals surface area contributed by atoms with Crippen molar-refractivity contribution < 1.29 is 34.4 Å². The van der Waals surface area contributed by atoms with Crippen molar-refractivity contribution in [3.63, 3.8) is 0 Å². The van der Waals surface area contributed by atoms with Gasteiger partial charge in [0.2, 0.25) is 0 Å². The number of rotatable bonds is 2. The quantitative estimate of drug-likeness (QED) is 0.172. The first kappa shape index (κ1) is 30.7. The zero-order valence-electron chi connectivity index (χ0n) is 22.5. The molecular formula is C30H37FIrNO2-. The molecule has 0 unspecified atom stereocenters. The van der Waals surface area contributed by atoms with Crippen molar-refractivity contribution in [3.05, 3.63) is 76.3 Å². The molecule has 2 aromatic carbocycles. The maximum absolute atomic E-state index is 13.7. The van der Waals surface area contributed by atoms with Gasteiger partial charge in [-0.25, -0.2) is 4.39 Å². The van der Waals surface area contributed by atoms with Crippen LogP contribution in [0.25, 0.3) is 22.2 Å². The standard InChI is InChI=1S/C19H17FN.C11H20O2.Ir/c1-11-5-12(2)7-16(6-11)19-14(4)8-15-10-17(20)13(3)9-18(15)21-19;1-10(2,3)8(12)7-9(13)11(4,5)6;/h5-6,8-10H,1-4H3;7,12H,1-6H3;/q-1;;/b;8-7-;. The van der Waals surface area contributed by atoms with Gasteiger partial charge in [0.05, 0.1) is 5.52 Å². The maximum atomic E-state index is 13.7. The number of aliphatic hydroxyl groups is 1. The number of aliphatic hydroxyl groups excluding tert-OH is 1. The van der Waals surface area contributed by atoms with Gasteiger partial charge in [-0.05, 0) is 37.2 Å². The maximum Gasteiger partial charge on any atom is 0.164 e. The summed E-state index contributed by atoms with van der Waals surface area (Å²) in [6.45, 7) is 19.0. The molecule has 0 atom stereocenters. The second kappa shape index (κ2) is 11.6. The molecule has 5 heteroatoms. The Morgan fingerprint density at radius 1 is 0.914 bits per heavy atom. The van der Waals surface area contributed by atoms with E-state index in [1.807, 2.05) is 61.5 Å². The number of carbonyl (C=O) groups excluding carboxylic acids is 1. The van der Waals surface area contributed by atoms with E-state index in [1.54, 1.807) is 19.1 Å². The molecule has 0 saturated heterocycles. The monoisotopic (exact) mass is 655 g/mol. The molecule has 0 bridgehead atoms. The Kier molecular flexibility index (Phi) is 10.1. The van der Waals surface area contributed by atoms with Gasteiger partial charge in [-0.1, -0.05) is 67.0 Å². The van der Waals surface area contributed by atoms with Crippen LogP contribution in [0.5, 0.6) is 0 Å². The number of benzene rings is 2. The second-order valence-electron chi connectivity index (χ2n) is 11.1. The van der Waals surface area contributed by atoms with E-state index in [0.29, 0.717) is 5.56 Å². The van der Waals surface area contributed by atoms with Crippen LogP contribution in [0.3, 0.4) is 0 Å². The van der Waals surface area contributed by atoms with E-state index in [4.69, 9.17) is 4.98 Å². The topological polar surface area (TPSA) is 50.2 Å². The Labute approximate surface area is 223 Å². The number of nitrogens with zero attached hydrogens (tertiary/aromatic N) is 1. The SMILES string of the molecule is CC(C)(C)C(=O)/C=C(\O)C(C)(C)C.Cc1[c-]c(-c2nc3cc(C)c(F)cc3cc2C)cc(C)c1.[Ir]. The summed E-state index contributed by atoms with van der Waals surface area (Å²) in [4.78, 5) is 16.2. The molecule has 0 saturated carbocycles. The Bertz CT molecular complexity index is 1230. The number of hydrogen-bond acceptors (Lipinski definition) is 3. The molecule has 1 heterocycles. The Morgan fingerprint density at radius 3 is 2.03 bits per heavy atom. The fraction of sp³-hybridized carbons (Fsp3) is 0.400. The summed E-state index contributed by atoms with van der Waals surface area (Å²) in [5.74, 6) is -0.0817. The van der Waals surface area contributed by atoms with E-state index in [0.717, 1.165) is 33.3 Å². The minimum atomic E-state index is -0.417. The molecule has 0 fully saturated rings. The zero-order valence-corrected chi connectivity index (χ0v) is 24.9. The van der Waals surface area contributed by atoms with Crippen LogP contribution in [-0.4, -0.2) is 15.9 Å². The summed E-state index contributed by atoms with van der Waals surface area (Å²) in [6.07, 6.45) is 1.33. The van der Waals surface area contributed by atoms with Crippen LogP contribution < -0.4 is 0 Å². The summed E-state index contributed by atoms with van der Waals surface area (Å²) < 4.78 is 13.7. The predicted molar refractivity (Wildman–Crippen MR) is 140 cm³/mol. The molecular weight excluding hydrogens is 618 g/mol. The van der Waals surface area contributed by atoms with E-state index in [-0.39, 0.29) is 42.9 Å². The van der Waals surface area contributed by atoms with Crippen molar-refractivity contribution in [2.75, 3.05) is 0 Å². The number of ketones is 1. The van der Waals surface area contributed by atoms with E-state index in [9.17, 15) is 14.3 Å². The van der Waals surface area contributed by atoms with Gasteiger partial charge in [0.25, 0.3) is 0 Å². The molecule has 191 valence electrons. The average Bonchev–Trinajstić information content (AvgIpc) is 2.67. The molecule has 1 aromatic heterocycles. The third-order valence-corrected chi connectivity index (χ3v) is 5.46. The fourth-order valence-electron chi connectivity index (χ4n) is 3.26. The molecule has 35 heavy (non-hydrogen) atoms. The molecule has 0 aliphatic carbocycles. The molecule has 0 spiro atoms. The van der Waals surface area contributed by atoms with Crippen molar-refractivity contribution in [2.45, 2.75) is 69.2 Å². The van der Waals surface area contributed by atoms with Crippen LogP contribution >= 0.6 is 0 Å². The molecule has 1 N–H and O–H groups in total. The van der Waals surface area contributed by atoms with Crippen LogP contribution in [0.1, 0.15) is 63.8 Å². The first-order valence-corrected chi connectivity index (χ1v) is 11.5. The summed E-state index contributed by atoms with van der Waals surface area (Å²) in [5, 5.41) is 10.4. The van der Waals surface area contributed by atoms with Crippen molar-refractivity contribution >= 4 is 16.7 Å². The van der Waals surface area contributed by atoms with Crippen molar-refractivity contribution in [3.8, 4) is 11.3 Å². The summed E-state index contributed by atoms with van der Waals surface area (Å²) in [5.41, 5.74) is 5.91. The van der Waals surface area contributed by atoms with E-state index in [2.05, 4.69) is 25.1 Å². The van der Waals surface area contributed by atoms with E-state index >= 15 is 0 Å². The average molecular weight is 655 g/mol. The molecule has 0 aliphatic heterocycles. The summed E-state index contributed by atoms with van der Waals surface area (Å²) >= 11 is 0. The van der Waals surface area contributed by atoms with Gasteiger partial charge in [-0.3, -0.25) is 9.78 Å². The van der Waals surface area contributed by atoms with Gasteiger partial charge in [0.1, 0.15) is 11.6 Å². The molecule has 3 rings (SSSR count). The summed E-state index contributed by atoms with van der Waals surface area (Å²) in [7, 11) is 0. The second-order valence-corrected chi connectivity index (χ2v) is 11.1. The minimum absolute atomic E-state index is 0. The van der Waals surface area contributed by atoms with Gasteiger partial charge in [-0.15, -0.1) is 34.9 Å². The van der Waals surface area contributed by atoms with Gasteiger partial charge in [-0.2, -0.15) is 0 Å². The van der Waals surface area contributed by atoms with Crippen molar-refractivity contribution in [2.24, 2.45) is 10.8 Å². The number of carbonyl (C=O) groups is 1. The Balaban J connectivity index is 0.000000383. The fourth-order valence-corrected chi connectivity index (χ4v) is 3.26. The van der Waals surface area contributed by atoms with Crippen LogP contribution in [0.4, 0.5) is 4.39 Å². The first-order chi connectivity index (χ1) is 15.5. The van der Waals surface area contributed by atoms with Crippen LogP contribution in [0.2, 0.25) is 0 Å². The largest absolute Gasteiger partial charge is 0.512 e. The molecule has 3 aromatic rings. The third-order valence-electron chi connectivity index (χ3n) is 5.46. The Morgan fingerprint density at radius 2 is 1.51 bits per heavy atom. The van der Waals surface area contributed by atoms with E-state index < -0.39 is 5.41 Å². The number of halogens is 1. The van der Waals surface area contributed by atoms with E-state index in [1.165, 1.54) is 11.6 Å². The number of aromatic nitrogens is 1. The van der Waals surface area contributed by atoms with Crippen LogP contribution in [0, 0.1) is 50.4 Å². The van der Waals surface area contributed by atoms with Crippen molar-refractivity contribution in [1.82, 2.24) is 4.98 Å². The number of pyridine rings is 1. The van der Waals surface area contributed by atoms with Gasteiger partial charge < -0.3 is 5.11 Å². The van der Waals surface area contributed by atoms with Crippen LogP contribution in [0.15, 0.2) is 42.2 Å². The molecule has 3 nitrogen and oxygen atoms in total. The van der Waals surface area contributed by atoms with Gasteiger partial charge in [0, 0.05) is 42.4 Å². The molecule has 1 radical (unpaired) electrons. The zero-order chi connectivity index (χ0) is 26.0. The molecule has 0 amide bonds. The number of allylic oxidation sites excluding steroid dienone is 2. The van der Waals surface area contributed by atoms with Gasteiger partial charge >= 0.3 is 0 Å². The smallest absolute Gasteiger partial charge is 0.164 e. The minimum Gasteiger partial charge on any atom is -0.512 e. The summed E-state index contributed by atoms with van der Waals surface area (Å²) in [6, 6.07) is 12.9. The first-order valence-electron chi connectivity index (χ1n) is 11.5. The Hall–Kier alpha value is -2.36. The predicted octanol–water partition coefficient (Wildman–Crippen LogP) is 8.16. The number of hydrogen-bond donors (Lipinski definition) is 1. The number of aryl methyl sites for hydroxylation is 4. The normalized spacial score (nSPS) is 12.0.